The molecule has 0 aliphatic carbocycles. The van der Waals surface area contributed by atoms with E-state index in [1.165, 1.54) is 0 Å². The number of rotatable bonds is 0. The first-order valence-electron chi connectivity index (χ1n) is 0.612. The maximum absolute atomic E-state index is 8.52. The summed E-state index contributed by atoms with van der Waals surface area (Å²) < 4.78 is 8.52. The Morgan fingerprint density at radius 3 is 1.33 bits per heavy atom. The standard InChI is InChI=1S/Ba.Fe.O3Si/c;;1-4(2)3/q2*+2;-2. The fourth-order valence-corrected chi connectivity index (χ4v) is 0. The van der Waals surface area contributed by atoms with E-state index in [0.717, 1.165) is 0 Å². The molecule has 0 aliphatic rings. The molecule has 0 amide bonds. The van der Waals surface area contributed by atoms with Crippen molar-refractivity contribution in [1.29, 1.82) is 0 Å². The Balaban J connectivity index is -0.0000000450. The van der Waals surface area contributed by atoms with Gasteiger partial charge >= 0.3 is 65.9 Å². The molecule has 0 unspecified atom stereocenters. The normalized spacial score (nSPS) is 4.00. The molecule has 0 N–H and O–H groups in total. The predicted molar refractivity (Wildman–Crippen MR) is 12.2 cm³/mol. The van der Waals surface area contributed by atoms with Gasteiger partial charge in [0.15, 0.2) is 0 Å². The van der Waals surface area contributed by atoms with E-state index in [-0.39, 0.29) is 65.9 Å². The van der Waals surface area contributed by atoms with Crippen molar-refractivity contribution in [3.05, 3.63) is 0 Å². The molecule has 0 spiro atoms. The van der Waals surface area contributed by atoms with Crippen molar-refractivity contribution in [2.45, 2.75) is 0 Å². The van der Waals surface area contributed by atoms with E-state index in [9.17, 15) is 0 Å². The number of hydrogen-bond acceptors (Lipinski definition) is 3. The maximum atomic E-state index is 8.52. The van der Waals surface area contributed by atoms with E-state index in [2.05, 4.69) is 0 Å². The van der Waals surface area contributed by atoms with Gasteiger partial charge in [-0.05, 0) is 0 Å². The summed E-state index contributed by atoms with van der Waals surface area (Å²) >= 11 is 0. The molecule has 0 fully saturated rings. The van der Waals surface area contributed by atoms with Gasteiger partial charge in [-0.2, -0.15) is 0 Å². The summed E-state index contributed by atoms with van der Waals surface area (Å²) in [5.41, 5.74) is 0. The van der Waals surface area contributed by atoms with Gasteiger partial charge in [-0.1, -0.05) is 0 Å². The molecule has 0 heterocycles. The molecular formula is BaFeO3Si+2. The smallest absolute Gasteiger partial charge is 0.672 e. The summed E-state index contributed by atoms with van der Waals surface area (Å²) in [6.07, 6.45) is 0. The maximum Gasteiger partial charge on any atom is 2.00 e. The van der Waals surface area contributed by atoms with E-state index >= 15 is 0 Å². The molecule has 0 aromatic carbocycles. The average molecular weight is 269 g/mol. The van der Waals surface area contributed by atoms with Gasteiger partial charge in [0.1, 0.15) is 0 Å². The van der Waals surface area contributed by atoms with Gasteiger partial charge in [-0.3, -0.25) is 0 Å². The van der Waals surface area contributed by atoms with Gasteiger partial charge in [0.05, 0.1) is 0 Å². The first kappa shape index (κ1) is 15.6. The molecule has 0 radical (unpaired) electrons. The minimum Gasteiger partial charge on any atom is -0.672 e. The Morgan fingerprint density at radius 2 is 1.33 bits per heavy atom. The van der Waals surface area contributed by atoms with Gasteiger partial charge in [0.25, 0.3) is 0 Å². The van der Waals surface area contributed by atoms with Crippen molar-refractivity contribution in [2.24, 2.45) is 0 Å². The molecule has 0 bridgehead atoms. The monoisotopic (exact) mass is 270 g/mol. The first-order valence-corrected chi connectivity index (χ1v) is 1.84. The third-order valence-electron chi connectivity index (χ3n) is 0. The largest absolute Gasteiger partial charge is 2.00 e. The molecule has 30 valence electrons. The van der Waals surface area contributed by atoms with E-state index in [1.54, 1.807) is 0 Å². The molecule has 0 saturated carbocycles. The van der Waals surface area contributed by atoms with Crippen molar-refractivity contribution in [3.63, 3.8) is 0 Å². The first-order chi connectivity index (χ1) is 1.73. The second-order valence-corrected chi connectivity index (χ2v) is 0.750. The van der Waals surface area contributed by atoms with Gasteiger partial charge in [-0.25, -0.2) is 0 Å². The van der Waals surface area contributed by atoms with Crippen molar-refractivity contribution < 1.29 is 31.1 Å². The van der Waals surface area contributed by atoms with Gasteiger partial charge < -0.3 is 14.1 Å². The summed E-state index contributed by atoms with van der Waals surface area (Å²) in [6, 6.07) is 0. The minimum atomic E-state index is -3.63. The third kappa shape index (κ3) is 43.4. The fourth-order valence-electron chi connectivity index (χ4n) is 0. The molecule has 6 heavy (non-hydrogen) atoms. The van der Waals surface area contributed by atoms with E-state index < -0.39 is 9.17 Å². The van der Waals surface area contributed by atoms with Crippen LogP contribution in [0.2, 0.25) is 0 Å². The van der Waals surface area contributed by atoms with Crippen LogP contribution in [0.1, 0.15) is 0 Å². The van der Waals surface area contributed by atoms with Crippen LogP contribution in [0.3, 0.4) is 0 Å². The Labute approximate surface area is 87.6 Å². The summed E-state index contributed by atoms with van der Waals surface area (Å²) in [4.78, 5) is 17.0. The van der Waals surface area contributed by atoms with Gasteiger partial charge in [-0.15, -0.1) is 0 Å². The Morgan fingerprint density at radius 1 is 1.33 bits per heavy atom. The number of hydrogen-bond donors (Lipinski definition) is 0. The predicted octanol–water partition coefficient (Wildman–Crippen LogP) is -3.26. The van der Waals surface area contributed by atoms with Crippen LogP contribution in [0.5, 0.6) is 0 Å². The van der Waals surface area contributed by atoms with Crippen LogP contribution in [-0.2, 0) is 21.5 Å². The van der Waals surface area contributed by atoms with E-state index in [4.69, 9.17) is 14.1 Å². The minimum absolute atomic E-state index is 0. The van der Waals surface area contributed by atoms with Crippen LogP contribution in [-0.4, -0.2) is 58.1 Å². The van der Waals surface area contributed by atoms with E-state index in [1.807, 2.05) is 0 Å². The Hall–Kier alpha value is 1.71. The Bertz CT molecular complexity index is 33.8. The average Bonchev–Trinajstić information content (AvgIpc) is 0.811. The van der Waals surface area contributed by atoms with Crippen LogP contribution in [0.25, 0.3) is 0 Å². The fraction of sp³-hybridized carbons (Fsp3) is 0. The van der Waals surface area contributed by atoms with Gasteiger partial charge in [0.2, 0.25) is 0 Å². The zero-order valence-electron chi connectivity index (χ0n) is 2.79. The summed E-state index contributed by atoms with van der Waals surface area (Å²) in [5.74, 6) is 0. The van der Waals surface area contributed by atoms with Crippen molar-refractivity contribution in [1.82, 2.24) is 0 Å². The van der Waals surface area contributed by atoms with E-state index in [0.29, 0.717) is 0 Å². The zero-order chi connectivity index (χ0) is 3.58. The summed E-state index contributed by atoms with van der Waals surface area (Å²) in [6.45, 7) is 0. The zero-order valence-corrected chi connectivity index (χ0v) is 9.33. The SMILES string of the molecule is O=[Si]([O-])[O-].[Ba+2].[Fe+2]. The third-order valence-corrected chi connectivity index (χ3v) is 0. The second-order valence-electron chi connectivity index (χ2n) is 0.250. The van der Waals surface area contributed by atoms with Crippen molar-refractivity contribution in [3.8, 4) is 0 Å². The van der Waals surface area contributed by atoms with Crippen molar-refractivity contribution >= 4 is 58.1 Å². The van der Waals surface area contributed by atoms with Crippen molar-refractivity contribution in [2.75, 3.05) is 0 Å². The molecule has 0 saturated heterocycles. The summed E-state index contributed by atoms with van der Waals surface area (Å²) in [5, 5.41) is 0. The van der Waals surface area contributed by atoms with Crippen LogP contribution < -0.4 is 9.59 Å². The molecule has 6 heteroatoms. The molecular weight excluding hydrogens is 269 g/mol. The van der Waals surface area contributed by atoms with Crippen LogP contribution in [0.15, 0.2) is 0 Å². The molecule has 3 nitrogen and oxygen atoms in total. The molecule has 0 aromatic heterocycles. The molecule has 0 rings (SSSR count). The molecule has 0 atom stereocenters. The Kier molecular flexibility index (Phi) is 25.7. The molecule has 0 aromatic rings. The van der Waals surface area contributed by atoms with Crippen LogP contribution in [0, 0.1) is 0 Å². The topological polar surface area (TPSA) is 63.2 Å². The second kappa shape index (κ2) is 9.86. The van der Waals surface area contributed by atoms with Gasteiger partial charge in [0, 0.05) is 9.17 Å². The van der Waals surface area contributed by atoms with Crippen LogP contribution >= 0.6 is 0 Å². The van der Waals surface area contributed by atoms with Crippen LogP contribution in [0.4, 0.5) is 0 Å². The molecule has 0 aliphatic heterocycles. The summed E-state index contributed by atoms with van der Waals surface area (Å²) in [7, 11) is -3.63. The quantitative estimate of drug-likeness (QED) is 0.434.